The Morgan fingerprint density at radius 2 is 1.67 bits per heavy atom. The monoisotopic (exact) mass is 590 g/mol. The lowest BCUT2D eigenvalue weighted by Gasteiger charge is -2.08. The fourth-order valence-electron chi connectivity index (χ4n) is 3.40. The number of halogens is 2. The number of para-hydroxylation sites is 1. The number of rotatable bonds is 10. The van der Waals surface area contributed by atoms with Crippen LogP contribution in [0.2, 0.25) is 0 Å². The first-order valence-corrected chi connectivity index (χ1v) is 13.7. The zero-order valence-corrected chi connectivity index (χ0v) is 25.3. The Kier molecular flexibility index (Phi) is 18.0. The van der Waals surface area contributed by atoms with E-state index in [-0.39, 0.29) is 6.04 Å². The van der Waals surface area contributed by atoms with E-state index in [4.69, 9.17) is 9.57 Å². The first-order valence-electron chi connectivity index (χ1n) is 13.7. The minimum absolute atomic E-state index is 0.178. The molecule has 1 aliphatic heterocycles. The molecule has 0 spiro atoms. The number of aldehydes is 1. The molecule has 1 atom stereocenters. The van der Waals surface area contributed by atoms with Crippen molar-refractivity contribution in [3.63, 3.8) is 0 Å². The van der Waals surface area contributed by atoms with Gasteiger partial charge in [0.05, 0.1) is 30.5 Å². The summed E-state index contributed by atoms with van der Waals surface area (Å²) in [4.78, 5) is 27.4. The van der Waals surface area contributed by atoms with Gasteiger partial charge in [0.15, 0.2) is 11.6 Å². The zero-order valence-electron chi connectivity index (χ0n) is 25.3. The number of hydrogen-bond donors (Lipinski definition) is 2. The predicted octanol–water partition coefficient (Wildman–Crippen LogP) is 4.09. The number of ether oxygens (including phenoxy) is 1. The number of benzene rings is 2. The maximum absolute atomic E-state index is 11.9. The van der Waals surface area contributed by atoms with Gasteiger partial charge in [0.2, 0.25) is 12.3 Å². The molecule has 2 N–H and O–H groups in total. The average molecular weight is 591 g/mol. The van der Waals surface area contributed by atoms with Crippen LogP contribution in [0.25, 0.3) is 5.69 Å². The number of hydrogen-bond acceptors (Lipinski definition) is 8. The number of aromatic nitrogens is 2. The van der Waals surface area contributed by atoms with Crippen molar-refractivity contribution in [1.82, 2.24) is 25.1 Å². The molecule has 1 amide bonds. The van der Waals surface area contributed by atoms with E-state index in [9.17, 15) is 18.4 Å². The summed E-state index contributed by atoms with van der Waals surface area (Å²) >= 11 is 0. The molecule has 2 aromatic carbocycles. The molecule has 1 fully saturated rings. The highest BCUT2D eigenvalue weighted by Crippen LogP contribution is 2.27. The molecule has 12 heteroatoms. The van der Waals surface area contributed by atoms with Gasteiger partial charge in [0, 0.05) is 26.6 Å². The number of carbonyl (C=O) groups excluding carboxylic acids is 2. The molecule has 1 aliphatic rings. The van der Waals surface area contributed by atoms with E-state index in [1.165, 1.54) is 12.1 Å². The average Bonchev–Trinajstić information content (AvgIpc) is 3.57. The normalized spacial score (nSPS) is 13.9. The fourth-order valence-corrected chi connectivity index (χ4v) is 3.40. The Balaban J connectivity index is 0.000000332. The standard InChI is InChI=1S/C15H19N3O2.C6H4F2.C6H12N2O2.C3H9N/c1-12-14(16-2)18(13-8-4-3-5-9-13)17-15(12)20-11-7-6-10-19;7-5-3-1-2-4-6(5)8;1-2-8-3-6(4-10-8)7-5-9;1-4(2)3/h3-5,8-10,16H,6-7,11H2,1-2H3;1-4H;5-6H,2-4H2,1H3,(H,7,9);1-3H3. The van der Waals surface area contributed by atoms with Crippen LogP contribution in [-0.4, -0.2) is 93.0 Å². The van der Waals surface area contributed by atoms with Gasteiger partial charge in [-0.05, 0) is 58.8 Å². The van der Waals surface area contributed by atoms with E-state index < -0.39 is 11.6 Å². The predicted molar refractivity (Wildman–Crippen MR) is 161 cm³/mol. The Hall–Kier alpha value is -3.87. The van der Waals surface area contributed by atoms with Crippen molar-refractivity contribution in [3.05, 3.63) is 71.8 Å². The second-order valence-corrected chi connectivity index (χ2v) is 9.45. The Morgan fingerprint density at radius 3 is 2.14 bits per heavy atom. The zero-order chi connectivity index (χ0) is 31.3. The SMILES string of the molecule is CCN1CC(NC=O)CO1.CN(C)C.CNc1c(C)c(OCCCC=O)nn1-c1ccccc1.Fc1ccccc1F. The minimum atomic E-state index is -0.799. The highest BCUT2D eigenvalue weighted by atomic mass is 19.2. The topological polar surface area (TPSA) is 101 Å². The number of unbranched alkanes of at least 4 members (excludes halogenated alkanes) is 1. The summed E-state index contributed by atoms with van der Waals surface area (Å²) in [6, 6.07) is 15.1. The fraction of sp³-hybridized carbons (Fsp3) is 0.433. The summed E-state index contributed by atoms with van der Waals surface area (Å²) in [6.45, 7) is 6.75. The van der Waals surface area contributed by atoms with Gasteiger partial charge in [-0.25, -0.2) is 13.5 Å². The molecular formula is C30H44F2N6O4. The number of carbonyl (C=O) groups is 2. The van der Waals surface area contributed by atoms with E-state index in [0.29, 0.717) is 38.3 Å². The van der Waals surface area contributed by atoms with Gasteiger partial charge in [0.25, 0.3) is 0 Å². The molecule has 0 aliphatic carbocycles. The number of amides is 1. The van der Waals surface area contributed by atoms with Gasteiger partial charge < -0.3 is 25.1 Å². The lowest BCUT2D eigenvalue weighted by Crippen LogP contribution is -2.32. The first-order chi connectivity index (χ1) is 20.2. The van der Waals surface area contributed by atoms with Crippen LogP contribution in [0.3, 0.4) is 0 Å². The van der Waals surface area contributed by atoms with E-state index >= 15 is 0 Å². The molecule has 0 radical (unpaired) electrons. The van der Waals surface area contributed by atoms with Crippen molar-refractivity contribution >= 4 is 18.5 Å². The molecule has 232 valence electrons. The maximum Gasteiger partial charge on any atom is 0.238 e. The van der Waals surface area contributed by atoms with Crippen molar-refractivity contribution in [2.75, 3.05) is 59.8 Å². The van der Waals surface area contributed by atoms with Crippen molar-refractivity contribution < 1.29 is 27.9 Å². The van der Waals surface area contributed by atoms with Crippen LogP contribution in [0.5, 0.6) is 5.88 Å². The van der Waals surface area contributed by atoms with Gasteiger partial charge in [-0.1, -0.05) is 37.3 Å². The maximum atomic E-state index is 11.9. The molecular weight excluding hydrogens is 546 g/mol. The van der Waals surface area contributed by atoms with E-state index in [1.807, 2.05) is 87.0 Å². The quantitative estimate of drug-likeness (QED) is 0.269. The number of anilines is 1. The van der Waals surface area contributed by atoms with Gasteiger partial charge in [-0.2, -0.15) is 5.06 Å². The van der Waals surface area contributed by atoms with Crippen LogP contribution < -0.4 is 15.4 Å². The largest absolute Gasteiger partial charge is 0.476 e. The molecule has 3 aromatic rings. The van der Waals surface area contributed by atoms with Crippen molar-refractivity contribution in [3.8, 4) is 11.6 Å². The Labute approximate surface area is 247 Å². The summed E-state index contributed by atoms with van der Waals surface area (Å²) in [5.74, 6) is -0.0920. The third kappa shape index (κ3) is 13.7. The molecule has 0 saturated carbocycles. The third-order valence-corrected chi connectivity index (χ3v) is 5.38. The van der Waals surface area contributed by atoms with Crippen molar-refractivity contribution in [2.45, 2.75) is 32.7 Å². The molecule has 0 bridgehead atoms. The molecule has 1 aromatic heterocycles. The minimum Gasteiger partial charge on any atom is -0.476 e. The van der Waals surface area contributed by atoms with E-state index in [1.54, 1.807) is 0 Å². The number of hydroxylamine groups is 2. The van der Waals surface area contributed by atoms with Gasteiger partial charge in [-0.15, -0.1) is 5.10 Å². The second kappa shape index (κ2) is 20.9. The van der Waals surface area contributed by atoms with E-state index in [0.717, 1.165) is 48.6 Å². The highest BCUT2D eigenvalue weighted by Gasteiger charge is 2.21. The summed E-state index contributed by atoms with van der Waals surface area (Å²) in [5, 5.41) is 12.1. The van der Waals surface area contributed by atoms with E-state index in [2.05, 4.69) is 15.7 Å². The Morgan fingerprint density at radius 1 is 1.07 bits per heavy atom. The van der Waals surface area contributed by atoms with Gasteiger partial charge in [-0.3, -0.25) is 9.63 Å². The van der Waals surface area contributed by atoms with Crippen LogP contribution in [0.15, 0.2) is 54.6 Å². The second-order valence-electron chi connectivity index (χ2n) is 9.45. The van der Waals surface area contributed by atoms with Crippen LogP contribution in [-0.2, 0) is 14.4 Å². The highest BCUT2D eigenvalue weighted by molar-refractivity contribution is 5.54. The summed E-state index contributed by atoms with van der Waals surface area (Å²) in [7, 11) is 7.86. The molecule has 1 unspecified atom stereocenters. The van der Waals surface area contributed by atoms with Crippen LogP contribution in [0.1, 0.15) is 25.3 Å². The van der Waals surface area contributed by atoms with Crippen LogP contribution in [0, 0.1) is 18.6 Å². The molecule has 1 saturated heterocycles. The van der Waals surface area contributed by atoms with Gasteiger partial charge in [0.1, 0.15) is 12.1 Å². The Bertz CT molecular complexity index is 1140. The number of likely N-dealkylation sites (N-methyl/N-ethyl adjacent to an activating group) is 1. The third-order valence-electron chi connectivity index (χ3n) is 5.38. The summed E-state index contributed by atoms with van der Waals surface area (Å²) in [6.07, 6.45) is 2.83. The molecule has 4 rings (SSSR count). The summed E-state index contributed by atoms with van der Waals surface area (Å²) < 4.78 is 31.4. The number of nitrogens with zero attached hydrogens (tertiary/aromatic N) is 4. The van der Waals surface area contributed by atoms with Gasteiger partial charge >= 0.3 is 0 Å². The molecule has 42 heavy (non-hydrogen) atoms. The lowest BCUT2D eigenvalue weighted by molar-refractivity contribution is -0.110. The number of nitrogens with one attached hydrogen (secondary N) is 2. The van der Waals surface area contributed by atoms with Crippen molar-refractivity contribution in [2.24, 2.45) is 0 Å². The van der Waals surface area contributed by atoms with Crippen LogP contribution in [0.4, 0.5) is 14.6 Å². The lowest BCUT2D eigenvalue weighted by atomic mass is 10.3. The van der Waals surface area contributed by atoms with Crippen LogP contribution >= 0.6 is 0 Å². The molecule has 2 heterocycles. The van der Waals surface area contributed by atoms with Crippen molar-refractivity contribution in [1.29, 1.82) is 0 Å². The smallest absolute Gasteiger partial charge is 0.238 e. The first kappa shape index (κ1) is 36.2. The summed E-state index contributed by atoms with van der Waals surface area (Å²) in [5.41, 5.74) is 1.94. The molecule has 10 nitrogen and oxygen atoms in total.